The van der Waals surface area contributed by atoms with Crippen molar-refractivity contribution in [1.82, 2.24) is 20.3 Å². The van der Waals surface area contributed by atoms with Crippen molar-refractivity contribution in [3.05, 3.63) is 11.9 Å². The molecular formula is C10H18N4OS. The minimum absolute atomic E-state index is 0.107. The number of nitrogens with one attached hydrogen (secondary N) is 1. The Morgan fingerprint density at radius 1 is 1.50 bits per heavy atom. The van der Waals surface area contributed by atoms with Crippen molar-refractivity contribution in [2.75, 3.05) is 18.1 Å². The van der Waals surface area contributed by atoms with Crippen LogP contribution in [-0.4, -0.2) is 44.3 Å². The lowest BCUT2D eigenvalue weighted by Crippen LogP contribution is -2.32. The number of aromatic nitrogens is 3. The van der Waals surface area contributed by atoms with Crippen LogP contribution in [0.1, 0.15) is 18.5 Å². The van der Waals surface area contributed by atoms with Gasteiger partial charge in [0.15, 0.2) is 0 Å². The van der Waals surface area contributed by atoms with E-state index in [4.69, 9.17) is 5.11 Å². The van der Waals surface area contributed by atoms with E-state index < -0.39 is 0 Å². The van der Waals surface area contributed by atoms with E-state index >= 15 is 0 Å². The fourth-order valence-electron chi connectivity index (χ4n) is 1.78. The Kier molecular flexibility index (Phi) is 4.62. The lowest BCUT2D eigenvalue weighted by molar-refractivity contribution is 0.268. The van der Waals surface area contributed by atoms with Gasteiger partial charge in [0.25, 0.3) is 0 Å². The zero-order valence-electron chi connectivity index (χ0n) is 9.30. The molecule has 0 atom stereocenters. The molecule has 2 rings (SSSR count). The van der Waals surface area contributed by atoms with Crippen LogP contribution < -0.4 is 5.32 Å². The van der Waals surface area contributed by atoms with E-state index in [0.29, 0.717) is 12.6 Å². The zero-order chi connectivity index (χ0) is 11.2. The first-order valence-corrected chi connectivity index (χ1v) is 6.85. The summed E-state index contributed by atoms with van der Waals surface area (Å²) in [6.45, 7) is 1.41. The molecular weight excluding hydrogens is 224 g/mol. The molecule has 0 aromatic carbocycles. The molecule has 0 unspecified atom stereocenters. The van der Waals surface area contributed by atoms with E-state index in [1.165, 1.54) is 24.3 Å². The maximum atomic E-state index is 8.76. The number of hydrogen-bond donors (Lipinski definition) is 2. The normalized spacial score (nSPS) is 17.8. The summed E-state index contributed by atoms with van der Waals surface area (Å²) < 4.78 is 1.67. The molecule has 1 fully saturated rings. The fraction of sp³-hybridized carbons (Fsp3) is 0.800. The molecule has 1 saturated heterocycles. The van der Waals surface area contributed by atoms with Gasteiger partial charge in [0, 0.05) is 18.8 Å². The zero-order valence-corrected chi connectivity index (χ0v) is 10.1. The van der Waals surface area contributed by atoms with Gasteiger partial charge in [-0.15, -0.1) is 5.10 Å². The third-order valence-corrected chi connectivity index (χ3v) is 3.76. The van der Waals surface area contributed by atoms with Crippen LogP contribution in [0, 0.1) is 0 Å². The van der Waals surface area contributed by atoms with E-state index in [9.17, 15) is 0 Å². The Balaban J connectivity index is 1.75. The first-order valence-electron chi connectivity index (χ1n) is 5.69. The molecule has 2 heterocycles. The standard InChI is InChI=1S/C10H18N4OS/c15-4-3-14-8-10(12-13-14)7-11-9-1-5-16-6-2-9/h8-9,11,15H,1-7H2. The van der Waals surface area contributed by atoms with Crippen molar-refractivity contribution in [2.24, 2.45) is 0 Å². The van der Waals surface area contributed by atoms with E-state index in [-0.39, 0.29) is 6.61 Å². The molecule has 1 aliphatic heterocycles. The molecule has 6 heteroatoms. The monoisotopic (exact) mass is 242 g/mol. The molecule has 0 saturated carbocycles. The maximum Gasteiger partial charge on any atom is 0.0964 e. The topological polar surface area (TPSA) is 63.0 Å². The summed E-state index contributed by atoms with van der Waals surface area (Å²) >= 11 is 2.03. The lowest BCUT2D eigenvalue weighted by atomic mass is 10.1. The van der Waals surface area contributed by atoms with Crippen LogP contribution in [0.3, 0.4) is 0 Å². The van der Waals surface area contributed by atoms with E-state index in [2.05, 4.69) is 15.6 Å². The predicted molar refractivity (Wildman–Crippen MR) is 64.3 cm³/mol. The number of aliphatic hydroxyl groups excluding tert-OH is 1. The highest BCUT2D eigenvalue weighted by Gasteiger charge is 2.13. The second-order valence-corrected chi connectivity index (χ2v) is 5.19. The summed E-state index contributed by atoms with van der Waals surface area (Å²) in [5, 5.41) is 20.2. The smallest absolute Gasteiger partial charge is 0.0964 e. The molecule has 0 spiro atoms. The van der Waals surface area contributed by atoms with Gasteiger partial charge in [0.2, 0.25) is 0 Å². The molecule has 5 nitrogen and oxygen atoms in total. The van der Waals surface area contributed by atoms with Gasteiger partial charge < -0.3 is 10.4 Å². The van der Waals surface area contributed by atoms with Crippen LogP contribution >= 0.6 is 11.8 Å². The van der Waals surface area contributed by atoms with Gasteiger partial charge >= 0.3 is 0 Å². The lowest BCUT2D eigenvalue weighted by Gasteiger charge is -2.21. The summed E-state index contributed by atoms with van der Waals surface area (Å²) in [6, 6.07) is 0.629. The van der Waals surface area contributed by atoms with Gasteiger partial charge in [-0.3, -0.25) is 0 Å². The molecule has 1 aliphatic rings. The Bertz CT molecular complexity index is 312. The summed E-state index contributed by atoms with van der Waals surface area (Å²) in [5.41, 5.74) is 0.951. The van der Waals surface area contributed by atoms with Crippen LogP contribution in [0.2, 0.25) is 0 Å². The third-order valence-electron chi connectivity index (χ3n) is 2.71. The third kappa shape index (κ3) is 3.47. The Morgan fingerprint density at radius 2 is 2.31 bits per heavy atom. The van der Waals surface area contributed by atoms with Crippen LogP contribution in [0.4, 0.5) is 0 Å². The van der Waals surface area contributed by atoms with Crippen molar-refractivity contribution in [3.63, 3.8) is 0 Å². The van der Waals surface area contributed by atoms with Crippen LogP contribution in [0.15, 0.2) is 6.20 Å². The molecule has 1 aromatic heterocycles. The average molecular weight is 242 g/mol. The number of nitrogens with zero attached hydrogens (tertiary/aromatic N) is 3. The highest BCUT2D eigenvalue weighted by Crippen LogP contribution is 2.16. The second kappa shape index (κ2) is 6.22. The molecule has 0 bridgehead atoms. The quantitative estimate of drug-likeness (QED) is 0.775. The predicted octanol–water partition coefficient (Wildman–Crippen LogP) is 0.256. The van der Waals surface area contributed by atoms with Gasteiger partial charge in [-0.05, 0) is 24.3 Å². The van der Waals surface area contributed by atoms with Gasteiger partial charge in [0.1, 0.15) is 0 Å². The van der Waals surface area contributed by atoms with Crippen molar-refractivity contribution in [1.29, 1.82) is 0 Å². The first kappa shape index (κ1) is 11.9. The highest BCUT2D eigenvalue weighted by molar-refractivity contribution is 7.99. The average Bonchev–Trinajstić information content (AvgIpc) is 2.76. The largest absolute Gasteiger partial charge is 0.394 e. The number of aliphatic hydroxyl groups is 1. The fourth-order valence-corrected chi connectivity index (χ4v) is 2.89. The highest BCUT2D eigenvalue weighted by atomic mass is 32.2. The minimum Gasteiger partial charge on any atom is -0.394 e. The molecule has 0 radical (unpaired) electrons. The van der Waals surface area contributed by atoms with E-state index in [0.717, 1.165) is 12.2 Å². The molecule has 2 N–H and O–H groups in total. The molecule has 0 aliphatic carbocycles. The van der Waals surface area contributed by atoms with Crippen LogP contribution in [-0.2, 0) is 13.1 Å². The van der Waals surface area contributed by atoms with E-state index in [1.807, 2.05) is 18.0 Å². The van der Waals surface area contributed by atoms with Gasteiger partial charge in [-0.1, -0.05) is 5.21 Å². The molecule has 16 heavy (non-hydrogen) atoms. The Labute approximate surface area is 99.6 Å². The molecule has 1 aromatic rings. The Morgan fingerprint density at radius 3 is 3.06 bits per heavy atom. The van der Waals surface area contributed by atoms with Crippen molar-refractivity contribution in [3.8, 4) is 0 Å². The van der Waals surface area contributed by atoms with Crippen molar-refractivity contribution >= 4 is 11.8 Å². The van der Waals surface area contributed by atoms with Crippen molar-refractivity contribution in [2.45, 2.75) is 32.0 Å². The van der Waals surface area contributed by atoms with Crippen LogP contribution in [0.25, 0.3) is 0 Å². The summed E-state index contributed by atoms with van der Waals surface area (Å²) in [4.78, 5) is 0. The van der Waals surface area contributed by atoms with Gasteiger partial charge in [-0.2, -0.15) is 11.8 Å². The molecule has 90 valence electrons. The Hall–Kier alpha value is -0.590. The van der Waals surface area contributed by atoms with E-state index in [1.54, 1.807) is 4.68 Å². The summed E-state index contributed by atoms with van der Waals surface area (Å²) in [6.07, 6.45) is 4.38. The minimum atomic E-state index is 0.107. The van der Waals surface area contributed by atoms with Crippen LogP contribution in [0.5, 0.6) is 0 Å². The number of rotatable bonds is 5. The second-order valence-electron chi connectivity index (χ2n) is 3.96. The van der Waals surface area contributed by atoms with Crippen molar-refractivity contribution < 1.29 is 5.11 Å². The SMILES string of the molecule is OCCn1cc(CNC2CCSCC2)nn1. The van der Waals surface area contributed by atoms with Gasteiger partial charge in [-0.25, -0.2) is 4.68 Å². The number of hydrogen-bond acceptors (Lipinski definition) is 5. The number of thioether (sulfide) groups is 1. The maximum absolute atomic E-state index is 8.76. The summed E-state index contributed by atoms with van der Waals surface area (Å²) in [7, 11) is 0. The molecule has 0 amide bonds. The van der Waals surface area contributed by atoms with Gasteiger partial charge in [0.05, 0.1) is 18.8 Å². The summed E-state index contributed by atoms with van der Waals surface area (Å²) in [5.74, 6) is 2.52. The first-order chi connectivity index (χ1) is 7.88.